The van der Waals surface area contributed by atoms with E-state index in [0.29, 0.717) is 12.1 Å². The van der Waals surface area contributed by atoms with E-state index in [-0.39, 0.29) is 6.07 Å². The van der Waals surface area contributed by atoms with Crippen LogP contribution in [-0.4, -0.2) is 11.9 Å². The van der Waals surface area contributed by atoms with Gasteiger partial charge in [-0.1, -0.05) is 0 Å². The molecule has 17 heavy (non-hydrogen) atoms. The molecule has 0 heterocycles. The molecule has 0 fully saturated rings. The van der Waals surface area contributed by atoms with Gasteiger partial charge < -0.3 is 11.5 Å². The summed E-state index contributed by atoms with van der Waals surface area (Å²) in [6, 6.07) is 1.36. The fourth-order valence-corrected chi connectivity index (χ4v) is 1.06. The summed E-state index contributed by atoms with van der Waals surface area (Å²) in [6.07, 6.45) is -4.75. The molecular formula is C9H7F4N3O. The normalized spacial score (nSPS) is 11.1. The van der Waals surface area contributed by atoms with Crippen molar-refractivity contribution in [2.75, 3.05) is 0 Å². The number of rotatable bonds is 1. The van der Waals surface area contributed by atoms with Gasteiger partial charge in [-0.05, 0) is 18.2 Å². The number of carbonyl (C=O) groups excluding carboxylic acids is 1. The molecule has 4 N–H and O–H groups in total. The Balaban J connectivity index is 3.24. The summed E-state index contributed by atoms with van der Waals surface area (Å²) < 4.78 is 49.8. The van der Waals surface area contributed by atoms with Crippen molar-refractivity contribution < 1.29 is 22.4 Å². The van der Waals surface area contributed by atoms with E-state index in [1.165, 1.54) is 0 Å². The number of benzene rings is 1. The molecule has 0 unspecified atom stereocenters. The summed E-state index contributed by atoms with van der Waals surface area (Å²) in [7, 11) is 0. The minimum Gasteiger partial charge on any atom is -0.370 e. The topological polar surface area (TPSA) is 81.5 Å². The Kier molecular flexibility index (Phi) is 3.35. The fraction of sp³-hybridized carbons (Fsp3) is 0.111. The number of amides is 1. The monoisotopic (exact) mass is 249 g/mol. The first-order chi connectivity index (χ1) is 7.70. The van der Waals surface area contributed by atoms with Crippen molar-refractivity contribution in [3.63, 3.8) is 0 Å². The smallest absolute Gasteiger partial charge is 0.370 e. The molecule has 1 aromatic carbocycles. The molecule has 0 atom stereocenters. The lowest BCUT2D eigenvalue weighted by Gasteiger charge is -2.07. The summed E-state index contributed by atoms with van der Waals surface area (Å²) in [5, 5.41) is 0. The van der Waals surface area contributed by atoms with Crippen molar-refractivity contribution in [2.45, 2.75) is 6.18 Å². The predicted octanol–water partition coefficient (Wildman–Crippen LogP) is 1.26. The molecule has 0 aliphatic rings. The zero-order valence-corrected chi connectivity index (χ0v) is 8.25. The van der Waals surface area contributed by atoms with Crippen molar-refractivity contribution in [3.05, 3.63) is 35.1 Å². The van der Waals surface area contributed by atoms with Gasteiger partial charge >= 0.3 is 6.18 Å². The van der Waals surface area contributed by atoms with Crippen LogP contribution in [0, 0.1) is 5.82 Å². The maximum atomic E-state index is 12.9. The van der Waals surface area contributed by atoms with Crippen LogP contribution in [0.2, 0.25) is 0 Å². The predicted molar refractivity (Wildman–Crippen MR) is 51.5 cm³/mol. The van der Waals surface area contributed by atoms with Gasteiger partial charge in [0, 0.05) is 5.56 Å². The first-order valence-electron chi connectivity index (χ1n) is 4.22. The van der Waals surface area contributed by atoms with E-state index >= 15 is 0 Å². The second-order valence-corrected chi connectivity index (χ2v) is 3.07. The number of nitrogens with zero attached hydrogens (tertiary/aromatic N) is 1. The van der Waals surface area contributed by atoms with Gasteiger partial charge in [-0.15, -0.1) is 0 Å². The lowest BCUT2D eigenvalue weighted by molar-refractivity contribution is -0.137. The summed E-state index contributed by atoms with van der Waals surface area (Å²) in [5.74, 6) is -2.96. The molecule has 0 aliphatic heterocycles. The van der Waals surface area contributed by atoms with Crippen LogP contribution >= 0.6 is 0 Å². The number of hydrogen-bond acceptors (Lipinski definition) is 1. The Bertz CT molecular complexity index is 478. The third-order valence-corrected chi connectivity index (χ3v) is 1.70. The van der Waals surface area contributed by atoms with Crippen molar-refractivity contribution in [2.24, 2.45) is 16.5 Å². The van der Waals surface area contributed by atoms with Gasteiger partial charge in [0.15, 0.2) is 5.96 Å². The van der Waals surface area contributed by atoms with Crippen molar-refractivity contribution >= 4 is 11.9 Å². The third-order valence-electron chi connectivity index (χ3n) is 1.70. The molecule has 1 aromatic rings. The minimum absolute atomic E-state index is 0.270. The van der Waals surface area contributed by atoms with E-state index in [0.717, 1.165) is 0 Å². The second-order valence-electron chi connectivity index (χ2n) is 3.07. The Labute approximate surface area is 92.9 Å². The molecule has 1 rings (SSSR count). The number of halogens is 4. The largest absolute Gasteiger partial charge is 0.416 e. The average Bonchev–Trinajstić information content (AvgIpc) is 2.14. The van der Waals surface area contributed by atoms with E-state index < -0.39 is 35.0 Å². The molecule has 0 bridgehead atoms. The van der Waals surface area contributed by atoms with Crippen LogP contribution in [0.5, 0.6) is 0 Å². The van der Waals surface area contributed by atoms with E-state index in [1.54, 1.807) is 0 Å². The average molecular weight is 249 g/mol. The molecule has 8 heteroatoms. The molecule has 0 radical (unpaired) electrons. The van der Waals surface area contributed by atoms with E-state index in [1.807, 2.05) is 0 Å². The minimum atomic E-state index is -4.75. The van der Waals surface area contributed by atoms with E-state index in [4.69, 9.17) is 11.5 Å². The maximum Gasteiger partial charge on any atom is 0.416 e. The van der Waals surface area contributed by atoms with Crippen LogP contribution < -0.4 is 11.5 Å². The van der Waals surface area contributed by atoms with Crippen LogP contribution in [0.4, 0.5) is 17.6 Å². The fourth-order valence-electron chi connectivity index (χ4n) is 1.06. The zero-order valence-electron chi connectivity index (χ0n) is 8.25. The summed E-state index contributed by atoms with van der Waals surface area (Å²) in [5.41, 5.74) is 7.90. The standard InChI is InChI=1S/C9H7F4N3O/c10-6-2-4(7(17)16-8(14)15)1-5(3-6)9(11,12)13/h1-3H,(H4,14,15,16,17). The van der Waals surface area contributed by atoms with Crippen LogP contribution in [-0.2, 0) is 6.18 Å². The quantitative estimate of drug-likeness (QED) is 0.446. The number of hydrogen-bond donors (Lipinski definition) is 2. The highest BCUT2D eigenvalue weighted by atomic mass is 19.4. The summed E-state index contributed by atoms with van der Waals surface area (Å²) in [4.78, 5) is 14.2. The van der Waals surface area contributed by atoms with Crippen molar-refractivity contribution in [1.82, 2.24) is 0 Å². The third kappa shape index (κ3) is 3.44. The van der Waals surface area contributed by atoms with E-state index in [2.05, 4.69) is 4.99 Å². The molecular weight excluding hydrogens is 242 g/mol. The lowest BCUT2D eigenvalue weighted by Crippen LogP contribution is -2.24. The highest BCUT2D eigenvalue weighted by Gasteiger charge is 2.31. The van der Waals surface area contributed by atoms with Crippen molar-refractivity contribution in [3.8, 4) is 0 Å². The van der Waals surface area contributed by atoms with Gasteiger partial charge in [0.05, 0.1) is 5.56 Å². The number of aliphatic imine (C=N–C) groups is 1. The van der Waals surface area contributed by atoms with Crippen LogP contribution in [0.15, 0.2) is 23.2 Å². The molecule has 0 saturated heterocycles. The number of carbonyl (C=O) groups is 1. The van der Waals surface area contributed by atoms with Crippen LogP contribution in [0.3, 0.4) is 0 Å². The molecule has 1 amide bonds. The Morgan fingerprint density at radius 2 is 1.76 bits per heavy atom. The Morgan fingerprint density at radius 1 is 1.18 bits per heavy atom. The highest BCUT2D eigenvalue weighted by Crippen LogP contribution is 2.30. The van der Waals surface area contributed by atoms with Gasteiger partial charge in [-0.2, -0.15) is 18.2 Å². The first-order valence-corrected chi connectivity index (χ1v) is 4.22. The van der Waals surface area contributed by atoms with Gasteiger partial charge in [0.25, 0.3) is 5.91 Å². The van der Waals surface area contributed by atoms with Crippen LogP contribution in [0.1, 0.15) is 15.9 Å². The van der Waals surface area contributed by atoms with Gasteiger partial charge in [0.1, 0.15) is 5.82 Å². The summed E-state index contributed by atoms with van der Waals surface area (Å²) >= 11 is 0. The maximum absolute atomic E-state index is 12.9. The second kappa shape index (κ2) is 4.40. The van der Waals surface area contributed by atoms with E-state index in [9.17, 15) is 22.4 Å². The molecule has 0 spiro atoms. The molecule has 4 nitrogen and oxygen atoms in total. The van der Waals surface area contributed by atoms with Gasteiger partial charge in [-0.3, -0.25) is 4.79 Å². The number of nitrogens with two attached hydrogens (primary N) is 2. The van der Waals surface area contributed by atoms with Gasteiger partial charge in [0.2, 0.25) is 0 Å². The first kappa shape index (κ1) is 12.9. The number of guanidine groups is 1. The SMILES string of the molecule is NC(N)=NC(=O)c1cc(F)cc(C(F)(F)F)c1. The molecule has 0 aliphatic carbocycles. The van der Waals surface area contributed by atoms with Gasteiger partial charge in [-0.25, -0.2) is 4.39 Å². The Hall–Kier alpha value is -2.12. The lowest BCUT2D eigenvalue weighted by atomic mass is 10.1. The summed E-state index contributed by atoms with van der Waals surface area (Å²) in [6.45, 7) is 0. The highest BCUT2D eigenvalue weighted by molar-refractivity contribution is 6.01. The Morgan fingerprint density at radius 3 is 2.24 bits per heavy atom. The molecule has 92 valence electrons. The molecule has 0 saturated carbocycles. The number of alkyl halides is 3. The van der Waals surface area contributed by atoms with Crippen molar-refractivity contribution in [1.29, 1.82) is 0 Å². The van der Waals surface area contributed by atoms with Crippen LogP contribution in [0.25, 0.3) is 0 Å². The zero-order chi connectivity index (χ0) is 13.2. The molecule has 0 aromatic heterocycles.